The Morgan fingerprint density at radius 2 is 2.09 bits per heavy atom. The first-order valence-corrected chi connectivity index (χ1v) is 11.6. The van der Waals surface area contributed by atoms with Crippen molar-refractivity contribution in [3.63, 3.8) is 0 Å². The molecular formula is C25H24N8O. The number of benzene rings is 1. The summed E-state index contributed by atoms with van der Waals surface area (Å²) in [5.74, 6) is 0.986. The lowest BCUT2D eigenvalue weighted by molar-refractivity contribution is 0.565. The van der Waals surface area contributed by atoms with Crippen LogP contribution in [0.1, 0.15) is 36.6 Å². The Morgan fingerprint density at radius 3 is 2.88 bits per heavy atom. The molecule has 2 N–H and O–H groups in total. The molecule has 3 aromatic heterocycles. The largest absolute Gasteiger partial charge is 0.324 e. The maximum atomic E-state index is 13.1. The Labute approximate surface area is 196 Å². The molecule has 0 amide bonds. The van der Waals surface area contributed by atoms with E-state index in [0.717, 1.165) is 43.7 Å². The minimum atomic E-state index is -0.528. The molecule has 1 aliphatic carbocycles. The highest BCUT2D eigenvalue weighted by Gasteiger charge is 2.54. The molecule has 9 nitrogen and oxygen atoms in total. The van der Waals surface area contributed by atoms with Crippen molar-refractivity contribution < 1.29 is 0 Å². The monoisotopic (exact) mass is 452 g/mol. The summed E-state index contributed by atoms with van der Waals surface area (Å²) >= 11 is 0. The zero-order chi connectivity index (χ0) is 23.3. The normalized spacial score (nSPS) is 16.1. The summed E-state index contributed by atoms with van der Waals surface area (Å²) in [4.78, 5) is 30.8. The van der Waals surface area contributed by atoms with E-state index in [2.05, 4.69) is 32.6 Å². The van der Waals surface area contributed by atoms with Gasteiger partial charge in [-0.3, -0.25) is 4.79 Å². The smallest absolute Gasteiger partial charge is 0.278 e. The molecule has 9 heteroatoms. The lowest BCUT2D eigenvalue weighted by Crippen LogP contribution is -2.23. The lowest BCUT2D eigenvalue weighted by atomic mass is 10.0. The van der Waals surface area contributed by atoms with Crippen molar-refractivity contribution in [2.75, 3.05) is 11.9 Å². The van der Waals surface area contributed by atoms with Crippen molar-refractivity contribution in [2.45, 2.75) is 44.8 Å². The van der Waals surface area contributed by atoms with Crippen molar-refractivity contribution in [1.82, 2.24) is 29.6 Å². The average Bonchev–Trinajstić information content (AvgIpc) is 3.63. The molecule has 0 atom stereocenters. The summed E-state index contributed by atoms with van der Waals surface area (Å²) in [6, 6.07) is 11.9. The van der Waals surface area contributed by atoms with Crippen LogP contribution in [0.3, 0.4) is 0 Å². The van der Waals surface area contributed by atoms with Gasteiger partial charge in [0.1, 0.15) is 11.1 Å². The first-order chi connectivity index (χ1) is 16.6. The van der Waals surface area contributed by atoms with Crippen LogP contribution in [0.5, 0.6) is 0 Å². The van der Waals surface area contributed by atoms with Gasteiger partial charge in [-0.15, -0.1) is 0 Å². The van der Waals surface area contributed by atoms with Crippen LogP contribution in [0.25, 0.3) is 21.7 Å². The molecule has 0 spiro atoms. The van der Waals surface area contributed by atoms with Crippen molar-refractivity contribution in [3.05, 3.63) is 81.2 Å². The fraction of sp³-hybridized carbons (Fsp3) is 0.320. The standard InChI is InChI=1S/C25H24N8O/c1-3-32-23(34)19-15-28-24(29-18-8-7-16-9-12-27-14-17(16)13-18)31-22(19)33(32)21-6-4-5-20(30-21)25(26-2)10-11-25/h4-8,13,15,27H,3,9-12,14H2,1H3,(H,28,29,31). The Kier molecular flexibility index (Phi) is 4.71. The summed E-state index contributed by atoms with van der Waals surface area (Å²) in [7, 11) is 0. The number of hydrogen-bond acceptors (Lipinski definition) is 6. The fourth-order valence-corrected chi connectivity index (χ4v) is 4.64. The van der Waals surface area contributed by atoms with Crippen LogP contribution in [-0.2, 0) is 25.0 Å². The van der Waals surface area contributed by atoms with E-state index in [0.29, 0.717) is 29.3 Å². The summed E-state index contributed by atoms with van der Waals surface area (Å²) in [6.07, 6.45) is 4.22. The van der Waals surface area contributed by atoms with Crippen molar-refractivity contribution in [2.24, 2.45) is 0 Å². The molecule has 1 aromatic carbocycles. The van der Waals surface area contributed by atoms with Gasteiger partial charge in [0, 0.05) is 37.8 Å². The number of nitrogens with zero attached hydrogens (tertiary/aromatic N) is 6. The number of pyridine rings is 1. The van der Waals surface area contributed by atoms with E-state index >= 15 is 0 Å². The highest BCUT2D eigenvalue weighted by atomic mass is 16.1. The Morgan fingerprint density at radius 1 is 1.21 bits per heavy atom. The van der Waals surface area contributed by atoms with Gasteiger partial charge in [0.25, 0.3) is 11.1 Å². The summed E-state index contributed by atoms with van der Waals surface area (Å²) in [6.45, 7) is 11.8. The third kappa shape index (κ3) is 3.26. The zero-order valence-corrected chi connectivity index (χ0v) is 18.9. The molecule has 4 aromatic rings. The van der Waals surface area contributed by atoms with Crippen LogP contribution >= 0.6 is 0 Å². The lowest BCUT2D eigenvalue weighted by Gasteiger charge is -2.18. The topological polar surface area (TPSA) is 94.0 Å². The van der Waals surface area contributed by atoms with E-state index in [9.17, 15) is 4.79 Å². The first kappa shape index (κ1) is 20.6. The predicted molar refractivity (Wildman–Crippen MR) is 129 cm³/mol. The molecule has 1 fully saturated rings. The van der Waals surface area contributed by atoms with Gasteiger partial charge < -0.3 is 15.5 Å². The van der Waals surface area contributed by atoms with Gasteiger partial charge in [-0.2, -0.15) is 4.98 Å². The molecule has 34 heavy (non-hydrogen) atoms. The molecule has 0 unspecified atom stereocenters. The number of fused-ring (bicyclic) bond motifs is 2. The van der Waals surface area contributed by atoms with Crippen molar-refractivity contribution in [1.29, 1.82) is 0 Å². The number of aromatic nitrogens is 5. The van der Waals surface area contributed by atoms with E-state index in [-0.39, 0.29) is 5.56 Å². The van der Waals surface area contributed by atoms with E-state index < -0.39 is 5.54 Å². The molecule has 0 saturated heterocycles. The first-order valence-electron chi connectivity index (χ1n) is 11.6. The van der Waals surface area contributed by atoms with Crippen LogP contribution in [0.2, 0.25) is 0 Å². The zero-order valence-electron chi connectivity index (χ0n) is 18.9. The van der Waals surface area contributed by atoms with E-state index in [1.807, 2.05) is 31.2 Å². The quantitative estimate of drug-likeness (QED) is 0.452. The Bertz CT molecular complexity index is 1520. The number of rotatable bonds is 5. The maximum Gasteiger partial charge on any atom is 0.278 e. The molecular weight excluding hydrogens is 428 g/mol. The minimum Gasteiger partial charge on any atom is -0.324 e. The Hall–Kier alpha value is -4.03. The van der Waals surface area contributed by atoms with Crippen LogP contribution in [0.15, 0.2) is 47.4 Å². The second-order valence-electron chi connectivity index (χ2n) is 8.82. The van der Waals surface area contributed by atoms with Crippen molar-refractivity contribution in [3.8, 4) is 5.82 Å². The highest BCUT2D eigenvalue weighted by Crippen LogP contribution is 2.48. The molecule has 6 rings (SSSR count). The van der Waals surface area contributed by atoms with Crippen LogP contribution < -0.4 is 16.2 Å². The van der Waals surface area contributed by atoms with Gasteiger partial charge in [-0.1, -0.05) is 12.1 Å². The van der Waals surface area contributed by atoms with Gasteiger partial charge in [0.05, 0.1) is 0 Å². The molecule has 4 heterocycles. The molecule has 0 radical (unpaired) electrons. The van der Waals surface area contributed by atoms with Gasteiger partial charge in [-0.05, 0) is 55.3 Å². The summed E-state index contributed by atoms with van der Waals surface area (Å²) in [5, 5.41) is 7.12. The van der Waals surface area contributed by atoms with Gasteiger partial charge in [0.2, 0.25) is 5.95 Å². The molecule has 170 valence electrons. The van der Waals surface area contributed by atoms with Gasteiger partial charge in [0.15, 0.2) is 11.5 Å². The SMILES string of the molecule is [C-]#[N+]C1(c2cccc(-n3c4nc(Nc5ccc6c(c5)CNCC6)ncc4c(=O)n3CC)n2)CC1. The van der Waals surface area contributed by atoms with E-state index in [1.54, 1.807) is 15.6 Å². The fourth-order valence-electron chi connectivity index (χ4n) is 4.64. The summed E-state index contributed by atoms with van der Waals surface area (Å²) in [5.41, 5.74) is 4.06. The predicted octanol–water partition coefficient (Wildman–Crippen LogP) is 3.29. The van der Waals surface area contributed by atoms with E-state index in [4.69, 9.17) is 16.5 Å². The van der Waals surface area contributed by atoms with Gasteiger partial charge >= 0.3 is 0 Å². The van der Waals surface area contributed by atoms with Crippen molar-refractivity contribution >= 4 is 22.7 Å². The molecule has 1 aliphatic heterocycles. The third-order valence-corrected chi connectivity index (χ3v) is 6.69. The third-order valence-electron chi connectivity index (χ3n) is 6.69. The highest BCUT2D eigenvalue weighted by molar-refractivity contribution is 5.77. The summed E-state index contributed by atoms with van der Waals surface area (Å²) < 4.78 is 3.35. The number of anilines is 2. The molecule has 0 bridgehead atoms. The second kappa shape index (κ2) is 7.78. The Balaban J connectivity index is 1.44. The van der Waals surface area contributed by atoms with Crippen LogP contribution in [0.4, 0.5) is 11.6 Å². The van der Waals surface area contributed by atoms with Crippen LogP contribution in [-0.4, -0.2) is 30.9 Å². The second-order valence-corrected chi connectivity index (χ2v) is 8.82. The maximum absolute atomic E-state index is 13.1. The average molecular weight is 453 g/mol. The van der Waals surface area contributed by atoms with E-state index in [1.165, 1.54) is 11.1 Å². The number of hydrogen-bond donors (Lipinski definition) is 2. The minimum absolute atomic E-state index is 0.164. The number of nitrogens with one attached hydrogen (secondary N) is 2. The molecule has 2 aliphatic rings. The van der Waals surface area contributed by atoms with Crippen LogP contribution in [0, 0.1) is 6.57 Å². The molecule has 1 saturated carbocycles. The van der Waals surface area contributed by atoms with Gasteiger partial charge in [-0.25, -0.2) is 25.9 Å².